The highest BCUT2D eigenvalue weighted by atomic mass is 16.6. The molecule has 1 amide bonds. The maximum absolute atomic E-state index is 12.8. The second kappa shape index (κ2) is 10.4. The largest absolute Gasteiger partial charge is 0.462 e. The Balaban J connectivity index is 2.32. The van der Waals surface area contributed by atoms with Crippen LogP contribution < -0.4 is 5.73 Å². The number of primary amides is 1. The van der Waals surface area contributed by atoms with Gasteiger partial charge in [0, 0.05) is 23.9 Å². The number of nitrogens with one attached hydrogen (secondary N) is 1. The van der Waals surface area contributed by atoms with Crippen LogP contribution in [0.1, 0.15) is 66.7 Å². The number of nitro groups is 1. The van der Waals surface area contributed by atoms with Crippen molar-refractivity contribution in [2.45, 2.75) is 46.0 Å². The highest BCUT2D eigenvalue weighted by Gasteiger charge is 2.25. The lowest BCUT2D eigenvalue weighted by Crippen LogP contribution is -2.19. The third-order valence-corrected chi connectivity index (χ3v) is 4.81. The standard InChI is InChI=1S/C21H27N3O5/c1-3-5-8-14(7-4-2)13-29-21(26)18-17(20(22)25)12-23-19(18)15-9-6-10-16(11-15)24(27)28/h6,9-12,14,23H,3-5,7-8,13H2,1-2H3,(H2,22,25). The molecule has 1 aromatic heterocycles. The number of esters is 1. The summed E-state index contributed by atoms with van der Waals surface area (Å²) in [5, 5.41) is 11.1. The summed E-state index contributed by atoms with van der Waals surface area (Å²) >= 11 is 0. The molecule has 29 heavy (non-hydrogen) atoms. The molecule has 0 saturated heterocycles. The summed E-state index contributed by atoms with van der Waals surface area (Å²) in [7, 11) is 0. The van der Waals surface area contributed by atoms with E-state index in [-0.39, 0.29) is 35.0 Å². The fourth-order valence-corrected chi connectivity index (χ4v) is 3.31. The zero-order chi connectivity index (χ0) is 21.4. The number of ether oxygens (including phenoxy) is 1. The minimum Gasteiger partial charge on any atom is -0.462 e. The van der Waals surface area contributed by atoms with Gasteiger partial charge in [0.05, 0.1) is 28.4 Å². The Kier molecular flexibility index (Phi) is 7.94. The van der Waals surface area contributed by atoms with E-state index >= 15 is 0 Å². The van der Waals surface area contributed by atoms with Crippen molar-refractivity contribution >= 4 is 17.6 Å². The van der Waals surface area contributed by atoms with E-state index in [1.165, 1.54) is 24.4 Å². The van der Waals surface area contributed by atoms with Crippen LogP contribution in [0, 0.1) is 16.0 Å². The van der Waals surface area contributed by atoms with Gasteiger partial charge in [-0.2, -0.15) is 0 Å². The first-order valence-electron chi connectivity index (χ1n) is 9.82. The van der Waals surface area contributed by atoms with E-state index < -0.39 is 16.8 Å². The Hall–Kier alpha value is -3.16. The quantitative estimate of drug-likeness (QED) is 0.326. The lowest BCUT2D eigenvalue weighted by molar-refractivity contribution is -0.384. The van der Waals surface area contributed by atoms with Crippen LogP contribution in [0.2, 0.25) is 0 Å². The number of benzene rings is 1. The van der Waals surface area contributed by atoms with Gasteiger partial charge in [0.2, 0.25) is 0 Å². The van der Waals surface area contributed by atoms with Crippen LogP contribution in [-0.4, -0.2) is 28.4 Å². The van der Waals surface area contributed by atoms with E-state index in [4.69, 9.17) is 10.5 Å². The average Bonchev–Trinajstić information content (AvgIpc) is 3.15. The first-order chi connectivity index (χ1) is 13.9. The molecule has 0 aliphatic carbocycles. The van der Waals surface area contributed by atoms with Gasteiger partial charge in [0.15, 0.2) is 0 Å². The molecule has 0 radical (unpaired) electrons. The number of unbranched alkanes of at least 4 members (excludes halogenated alkanes) is 1. The summed E-state index contributed by atoms with van der Waals surface area (Å²) in [5.41, 5.74) is 5.96. The fourth-order valence-electron chi connectivity index (χ4n) is 3.31. The van der Waals surface area contributed by atoms with Crippen molar-refractivity contribution in [3.05, 3.63) is 51.7 Å². The molecule has 156 valence electrons. The van der Waals surface area contributed by atoms with Crippen LogP contribution in [-0.2, 0) is 4.74 Å². The summed E-state index contributed by atoms with van der Waals surface area (Å²) in [4.78, 5) is 38.0. The number of hydrogen-bond donors (Lipinski definition) is 2. The van der Waals surface area contributed by atoms with Crippen LogP contribution >= 0.6 is 0 Å². The van der Waals surface area contributed by atoms with Gasteiger partial charge in [-0.1, -0.05) is 45.2 Å². The number of nitrogens with two attached hydrogens (primary N) is 1. The number of aromatic nitrogens is 1. The maximum Gasteiger partial charge on any atom is 0.341 e. The van der Waals surface area contributed by atoms with Gasteiger partial charge in [0.1, 0.15) is 0 Å². The fraction of sp³-hybridized carbons (Fsp3) is 0.429. The molecule has 2 aromatic rings. The maximum atomic E-state index is 12.8. The number of nitro benzene ring substituents is 1. The number of amides is 1. The summed E-state index contributed by atoms with van der Waals surface area (Å²) < 4.78 is 5.53. The third kappa shape index (κ3) is 5.66. The first-order valence-corrected chi connectivity index (χ1v) is 9.82. The highest BCUT2D eigenvalue weighted by Crippen LogP contribution is 2.29. The number of hydrogen-bond acceptors (Lipinski definition) is 5. The van der Waals surface area contributed by atoms with Crippen molar-refractivity contribution in [1.29, 1.82) is 0 Å². The topological polar surface area (TPSA) is 128 Å². The minimum atomic E-state index is -0.777. The van der Waals surface area contributed by atoms with Crippen LogP contribution in [0.5, 0.6) is 0 Å². The molecule has 1 heterocycles. The number of rotatable bonds is 11. The van der Waals surface area contributed by atoms with Gasteiger partial charge in [-0.15, -0.1) is 0 Å². The monoisotopic (exact) mass is 401 g/mol. The van der Waals surface area contributed by atoms with Crippen molar-refractivity contribution in [3.63, 3.8) is 0 Å². The van der Waals surface area contributed by atoms with Crippen LogP contribution in [0.25, 0.3) is 11.3 Å². The summed E-state index contributed by atoms with van der Waals surface area (Å²) in [5.74, 6) is -1.19. The van der Waals surface area contributed by atoms with Crippen molar-refractivity contribution in [2.75, 3.05) is 6.61 Å². The van der Waals surface area contributed by atoms with E-state index in [9.17, 15) is 19.7 Å². The molecule has 0 fully saturated rings. The minimum absolute atomic E-state index is 0.00268. The molecule has 0 spiro atoms. The number of carbonyl (C=O) groups is 2. The van der Waals surface area contributed by atoms with Crippen molar-refractivity contribution in [1.82, 2.24) is 4.98 Å². The number of H-pyrrole nitrogens is 1. The van der Waals surface area contributed by atoms with E-state index in [1.807, 2.05) is 0 Å². The van der Waals surface area contributed by atoms with Crippen molar-refractivity contribution in [2.24, 2.45) is 11.7 Å². The normalized spacial score (nSPS) is 11.8. The molecule has 1 unspecified atom stereocenters. The SMILES string of the molecule is CCCCC(CCC)COC(=O)c1c(C(N)=O)c[nH]c1-c1cccc([N+](=O)[O-])c1. The van der Waals surface area contributed by atoms with E-state index in [0.29, 0.717) is 5.56 Å². The molecule has 0 aliphatic heterocycles. The Morgan fingerprint density at radius 2 is 2.00 bits per heavy atom. The van der Waals surface area contributed by atoms with Gasteiger partial charge < -0.3 is 15.5 Å². The highest BCUT2D eigenvalue weighted by molar-refractivity contribution is 6.08. The Morgan fingerprint density at radius 1 is 1.24 bits per heavy atom. The number of carbonyl (C=O) groups excluding carboxylic acids is 2. The zero-order valence-electron chi connectivity index (χ0n) is 16.8. The third-order valence-electron chi connectivity index (χ3n) is 4.81. The molecule has 8 nitrogen and oxygen atoms in total. The Morgan fingerprint density at radius 3 is 2.62 bits per heavy atom. The Labute approximate surface area is 169 Å². The lowest BCUT2D eigenvalue weighted by Gasteiger charge is -2.16. The van der Waals surface area contributed by atoms with E-state index in [1.54, 1.807) is 6.07 Å². The number of non-ortho nitro benzene ring substituents is 1. The Bertz CT molecular complexity index is 875. The molecule has 1 aromatic carbocycles. The van der Waals surface area contributed by atoms with Gasteiger partial charge >= 0.3 is 5.97 Å². The molecule has 1 atom stereocenters. The summed E-state index contributed by atoms with van der Waals surface area (Å²) in [6.45, 7) is 4.45. The summed E-state index contributed by atoms with van der Waals surface area (Å²) in [6.07, 6.45) is 6.34. The number of nitrogens with zero attached hydrogens (tertiary/aromatic N) is 1. The molecule has 3 N–H and O–H groups in total. The lowest BCUT2D eigenvalue weighted by atomic mass is 9.98. The van der Waals surface area contributed by atoms with Gasteiger partial charge in [0.25, 0.3) is 11.6 Å². The van der Waals surface area contributed by atoms with Crippen LogP contribution in [0.4, 0.5) is 5.69 Å². The van der Waals surface area contributed by atoms with Crippen LogP contribution in [0.15, 0.2) is 30.5 Å². The molecular formula is C21H27N3O5. The average molecular weight is 401 g/mol. The van der Waals surface area contributed by atoms with Crippen LogP contribution in [0.3, 0.4) is 0 Å². The number of aromatic amines is 1. The summed E-state index contributed by atoms with van der Waals surface area (Å²) in [6, 6.07) is 5.80. The molecule has 0 saturated carbocycles. The first kappa shape index (κ1) is 22.1. The molecular weight excluding hydrogens is 374 g/mol. The second-order valence-corrected chi connectivity index (χ2v) is 7.02. The van der Waals surface area contributed by atoms with E-state index in [0.717, 1.165) is 32.1 Å². The van der Waals surface area contributed by atoms with Crippen molar-refractivity contribution in [3.8, 4) is 11.3 Å². The predicted molar refractivity (Wildman–Crippen MR) is 110 cm³/mol. The zero-order valence-corrected chi connectivity index (χ0v) is 16.8. The van der Waals surface area contributed by atoms with Crippen molar-refractivity contribution < 1.29 is 19.2 Å². The van der Waals surface area contributed by atoms with E-state index in [2.05, 4.69) is 18.8 Å². The smallest absolute Gasteiger partial charge is 0.341 e. The van der Waals surface area contributed by atoms with Gasteiger partial charge in [-0.3, -0.25) is 14.9 Å². The second-order valence-electron chi connectivity index (χ2n) is 7.02. The molecule has 0 aliphatic rings. The predicted octanol–water partition coefficient (Wildman–Crippen LogP) is 4.45. The molecule has 8 heteroatoms. The molecule has 2 rings (SSSR count). The molecule has 0 bridgehead atoms. The van der Waals surface area contributed by atoms with Gasteiger partial charge in [-0.25, -0.2) is 4.79 Å². The van der Waals surface area contributed by atoms with Gasteiger partial charge in [-0.05, 0) is 18.8 Å².